The van der Waals surface area contributed by atoms with Crippen molar-refractivity contribution in [2.24, 2.45) is 0 Å². The van der Waals surface area contributed by atoms with Gasteiger partial charge in [0.25, 0.3) is 0 Å². The predicted octanol–water partition coefficient (Wildman–Crippen LogP) is 3.63. The van der Waals surface area contributed by atoms with Gasteiger partial charge in [0, 0.05) is 0 Å². The number of fused-ring (bicyclic) bond motifs is 2. The second-order valence-electron chi connectivity index (χ2n) is 7.47. The van der Waals surface area contributed by atoms with Crippen molar-refractivity contribution >= 4 is 22.3 Å². The first-order valence-corrected chi connectivity index (χ1v) is 10.4. The molecule has 0 radical (unpaired) electrons. The molecule has 0 aliphatic rings. The van der Waals surface area contributed by atoms with Crippen LogP contribution in [0.25, 0.3) is 44.8 Å². The minimum Gasteiger partial charge on any atom is -0.495 e. The van der Waals surface area contributed by atoms with E-state index in [1.165, 1.54) is 12.7 Å². The maximum atomic E-state index is 5.72. The van der Waals surface area contributed by atoms with E-state index in [-0.39, 0.29) is 0 Å². The number of nitrogens with zero attached hydrogens (tertiary/aromatic N) is 8. The number of hydrogen-bond donors (Lipinski definition) is 0. The largest absolute Gasteiger partial charge is 0.495 e. The smallest absolute Gasteiger partial charge is 0.181 e. The predicted molar refractivity (Wildman–Crippen MR) is 125 cm³/mol. The van der Waals surface area contributed by atoms with Gasteiger partial charge in [-0.1, -0.05) is 12.1 Å². The Morgan fingerprint density at radius 3 is 1.53 bits per heavy atom. The minimum absolute atomic E-state index is 0.624. The van der Waals surface area contributed by atoms with E-state index in [1.54, 1.807) is 39.3 Å². The van der Waals surface area contributed by atoms with Crippen LogP contribution in [-0.4, -0.2) is 53.3 Å². The molecule has 2 aromatic carbocycles. The molecule has 0 fully saturated rings. The van der Waals surface area contributed by atoms with Crippen molar-refractivity contribution in [1.29, 1.82) is 0 Å². The molecule has 0 amide bonds. The number of hydrogen-bond acceptors (Lipinski definition) is 8. The highest BCUT2D eigenvalue weighted by Crippen LogP contribution is 2.35. The zero-order valence-electron chi connectivity index (χ0n) is 18.3. The topological polar surface area (TPSA) is 106 Å². The van der Waals surface area contributed by atoms with E-state index in [1.807, 2.05) is 45.5 Å². The van der Waals surface area contributed by atoms with Crippen molar-refractivity contribution < 1.29 is 9.47 Å². The highest BCUT2D eigenvalue weighted by atomic mass is 16.5. The first-order valence-electron chi connectivity index (χ1n) is 10.4. The highest BCUT2D eigenvalue weighted by Gasteiger charge is 2.15. The van der Waals surface area contributed by atoms with Crippen LogP contribution in [0.3, 0.4) is 0 Å². The van der Waals surface area contributed by atoms with Gasteiger partial charge in [-0.15, -0.1) is 0 Å². The molecule has 0 saturated carbocycles. The lowest BCUT2D eigenvalue weighted by Gasteiger charge is -2.14. The van der Waals surface area contributed by atoms with Crippen LogP contribution in [0.1, 0.15) is 0 Å². The van der Waals surface area contributed by atoms with Gasteiger partial charge in [0.05, 0.1) is 38.0 Å². The maximum absolute atomic E-state index is 5.72. The molecule has 0 aliphatic heterocycles. The van der Waals surface area contributed by atoms with Crippen molar-refractivity contribution in [3.05, 3.63) is 74.1 Å². The minimum atomic E-state index is 0.624. The number of methoxy groups -OCH3 is 2. The fourth-order valence-corrected chi connectivity index (χ4v) is 4.02. The summed E-state index contributed by atoms with van der Waals surface area (Å²) in [5.41, 5.74) is 6.49. The van der Waals surface area contributed by atoms with Gasteiger partial charge >= 0.3 is 0 Å². The summed E-state index contributed by atoms with van der Waals surface area (Å²) < 4.78 is 15.3. The van der Waals surface area contributed by atoms with Gasteiger partial charge in [-0.05, 0) is 35.4 Å². The third-order valence-electron chi connectivity index (χ3n) is 5.67. The van der Waals surface area contributed by atoms with Gasteiger partial charge in [-0.25, -0.2) is 29.9 Å². The third-order valence-corrected chi connectivity index (χ3v) is 5.67. The lowest BCUT2D eigenvalue weighted by molar-refractivity contribution is 0.412. The van der Waals surface area contributed by atoms with Crippen LogP contribution in [0.2, 0.25) is 0 Å². The van der Waals surface area contributed by atoms with Crippen molar-refractivity contribution in [3.63, 3.8) is 0 Å². The summed E-state index contributed by atoms with van der Waals surface area (Å²) in [5.74, 6) is 1.39. The molecular weight excluding hydrogens is 432 g/mol. The summed E-state index contributed by atoms with van der Waals surface area (Å²) in [6.07, 6.45) is 9.86. The van der Waals surface area contributed by atoms with E-state index in [0.717, 1.165) is 33.5 Å². The lowest BCUT2D eigenvalue weighted by atomic mass is 10.0. The van der Waals surface area contributed by atoms with Gasteiger partial charge in [0.2, 0.25) is 0 Å². The van der Waals surface area contributed by atoms with Gasteiger partial charge < -0.3 is 9.47 Å². The zero-order chi connectivity index (χ0) is 23.1. The molecular formula is C24H18N8O2. The molecule has 0 unspecified atom stereocenters. The second kappa shape index (κ2) is 7.93. The second-order valence-corrected chi connectivity index (χ2v) is 7.47. The molecule has 6 rings (SSSR count). The average molecular weight is 450 g/mol. The Morgan fingerprint density at radius 2 is 1.09 bits per heavy atom. The van der Waals surface area contributed by atoms with Gasteiger partial charge in [0.1, 0.15) is 47.8 Å². The molecule has 0 saturated heterocycles. The van der Waals surface area contributed by atoms with Crippen LogP contribution < -0.4 is 9.47 Å². The molecule has 10 nitrogen and oxygen atoms in total. The molecule has 4 aromatic heterocycles. The molecule has 34 heavy (non-hydrogen) atoms. The Hall–Kier alpha value is -4.86. The Labute approximate surface area is 193 Å². The van der Waals surface area contributed by atoms with Crippen molar-refractivity contribution in [1.82, 2.24) is 39.0 Å². The Balaban J connectivity index is 1.43. The maximum Gasteiger partial charge on any atom is 0.181 e. The SMILES string of the molecule is COc1cc(-c2ccc(-n3cnc4ncncc43)c(OC)c2)ccc1-n1cnc2ncncc21. The average Bonchev–Trinajstić information content (AvgIpc) is 3.52. The lowest BCUT2D eigenvalue weighted by Crippen LogP contribution is -1.99. The van der Waals surface area contributed by atoms with Gasteiger partial charge in [-0.3, -0.25) is 9.13 Å². The van der Waals surface area contributed by atoms with Gasteiger partial charge in [0.15, 0.2) is 11.3 Å². The van der Waals surface area contributed by atoms with Crippen LogP contribution in [-0.2, 0) is 0 Å². The molecule has 0 atom stereocenters. The standard InChI is InChI=1S/C24H18N8O2/c1-33-21-7-15(3-5-17(21)31-13-29-23-19(31)9-25-11-27-23)16-4-6-18(22(8-16)34-2)32-14-30-24-20(32)10-26-12-28-24/h3-14H,1-2H3. The first kappa shape index (κ1) is 19.8. The first-order chi connectivity index (χ1) is 16.8. The summed E-state index contributed by atoms with van der Waals surface area (Å²) in [6.45, 7) is 0. The van der Waals surface area contributed by atoms with E-state index < -0.39 is 0 Å². The van der Waals surface area contributed by atoms with E-state index in [0.29, 0.717) is 22.8 Å². The van der Waals surface area contributed by atoms with E-state index in [2.05, 4.69) is 29.9 Å². The van der Waals surface area contributed by atoms with E-state index in [4.69, 9.17) is 9.47 Å². The number of aromatic nitrogens is 8. The zero-order valence-corrected chi connectivity index (χ0v) is 18.3. The van der Waals surface area contributed by atoms with Crippen LogP contribution in [0, 0.1) is 0 Å². The van der Waals surface area contributed by atoms with Gasteiger partial charge in [-0.2, -0.15) is 0 Å². The summed E-state index contributed by atoms with van der Waals surface area (Å²) >= 11 is 0. The monoisotopic (exact) mass is 450 g/mol. The van der Waals surface area contributed by atoms with E-state index >= 15 is 0 Å². The number of rotatable bonds is 5. The number of ether oxygens (including phenoxy) is 2. The summed E-state index contributed by atoms with van der Waals surface area (Å²) in [4.78, 5) is 25.3. The fraction of sp³-hybridized carbons (Fsp3) is 0.0833. The number of benzene rings is 2. The quantitative estimate of drug-likeness (QED) is 0.392. The van der Waals surface area contributed by atoms with E-state index in [9.17, 15) is 0 Å². The number of imidazole rings is 2. The van der Waals surface area contributed by atoms with Crippen LogP contribution in [0.4, 0.5) is 0 Å². The van der Waals surface area contributed by atoms with Crippen molar-refractivity contribution in [2.45, 2.75) is 0 Å². The Morgan fingerprint density at radius 1 is 0.618 bits per heavy atom. The Kier molecular flexibility index (Phi) is 4.61. The molecule has 0 N–H and O–H groups in total. The molecule has 6 aromatic rings. The molecule has 0 bridgehead atoms. The van der Waals surface area contributed by atoms with Crippen molar-refractivity contribution in [3.8, 4) is 34.0 Å². The van der Waals surface area contributed by atoms with Crippen LogP contribution in [0.5, 0.6) is 11.5 Å². The fourth-order valence-electron chi connectivity index (χ4n) is 4.02. The molecule has 0 aliphatic carbocycles. The third kappa shape index (κ3) is 3.12. The van der Waals surface area contributed by atoms with Crippen LogP contribution >= 0.6 is 0 Å². The molecule has 10 heteroatoms. The summed E-state index contributed by atoms with van der Waals surface area (Å²) in [6, 6.07) is 12.0. The molecule has 4 heterocycles. The summed E-state index contributed by atoms with van der Waals surface area (Å²) in [5, 5.41) is 0. The molecule has 0 spiro atoms. The van der Waals surface area contributed by atoms with Crippen molar-refractivity contribution in [2.75, 3.05) is 14.2 Å². The summed E-state index contributed by atoms with van der Waals surface area (Å²) in [7, 11) is 3.29. The Bertz CT molecular complexity index is 1530. The highest BCUT2D eigenvalue weighted by molar-refractivity contribution is 5.77. The van der Waals surface area contributed by atoms with Crippen LogP contribution in [0.15, 0.2) is 74.1 Å². The normalized spacial score (nSPS) is 11.2. The molecule has 166 valence electrons.